The number of carbonyl (C=O) groups excluding carboxylic acids is 1. The SMILES string of the molecule is COc1ccccc1-c1ccc(C(C)NC(=O)C(C)CN)cc1.Cl. The number of ether oxygens (including phenoxy) is 1. The van der Waals surface area contributed by atoms with Crippen molar-refractivity contribution in [1.29, 1.82) is 0 Å². The van der Waals surface area contributed by atoms with E-state index in [-0.39, 0.29) is 30.3 Å². The molecule has 24 heavy (non-hydrogen) atoms. The molecule has 130 valence electrons. The molecule has 0 radical (unpaired) electrons. The van der Waals surface area contributed by atoms with Crippen LogP contribution >= 0.6 is 12.4 Å². The molecule has 2 aromatic carbocycles. The Morgan fingerprint density at radius 1 is 1.12 bits per heavy atom. The summed E-state index contributed by atoms with van der Waals surface area (Å²) in [5.41, 5.74) is 8.72. The van der Waals surface area contributed by atoms with Gasteiger partial charge >= 0.3 is 0 Å². The van der Waals surface area contributed by atoms with Crippen molar-refractivity contribution in [1.82, 2.24) is 5.32 Å². The second kappa shape index (κ2) is 9.30. The third kappa shape index (κ3) is 4.73. The predicted octanol–water partition coefficient (Wildman–Crippen LogP) is 3.56. The number of carbonyl (C=O) groups is 1. The number of amides is 1. The predicted molar refractivity (Wildman–Crippen MR) is 100 cm³/mol. The van der Waals surface area contributed by atoms with Crippen LogP contribution in [-0.2, 0) is 4.79 Å². The van der Waals surface area contributed by atoms with E-state index in [4.69, 9.17) is 10.5 Å². The largest absolute Gasteiger partial charge is 0.496 e. The second-order valence-corrected chi connectivity index (χ2v) is 5.69. The second-order valence-electron chi connectivity index (χ2n) is 5.69. The van der Waals surface area contributed by atoms with Crippen molar-refractivity contribution in [2.24, 2.45) is 11.7 Å². The lowest BCUT2D eigenvalue weighted by atomic mass is 10.0. The Kier molecular flexibility index (Phi) is 7.75. The molecule has 2 rings (SSSR count). The van der Waals surface area contributed by atoms with Gasteiger partial charge in [0.25, 0.3) is 0 Å². The van der Waals surface area contributed by atoms with Crippen LogP contribution in [0.1, 0.15) is 25.5 Å². The maximum Gasteiger partial charge on any atom is 0.224 e. The van der Waals surface area contributed by atoms with Crippen LogP contribution in [0, 0.1) is 5.92 Å². The first-order valence-corrected chi connectivity index (χ1v) is 7.80. The van der Waals surface area contributed by atoms with Crippen molar-refractivity contribution >= 4 is 18.3 Å². The van der Waals surface area contributed by atoms with Gasteiger partial charge in [-0.05, 0) is 24.1 Å². The zero-order chi connectivity index (χ0) is 16.8. The Bertz CT molecular complexity index is 659. The number of para-hydroxylation sites is 1. The van der Waals surface area contributed by atoms with E-state index in [1.807, 2.05) is 62.4 Å². The van der Waals surface area contributed by atoms with Crippen molar-refractivity contribution in [3.8, 4) is 16.9 Å². The summed E-state index contributed by atoms with van der Waals surface area (Å²) in [4.78, 5) is 11.9. The average molecular weight is 349 g/mol. The molecule has 0 spiro atoms. The maximum absolute atomic E-state index is 11.9. The maximum atomic E-state index is 11.9. The summed E-state index contributed by atoms with van der Waals surface area (Å²) in [6.07, 6.45) is 0. The fraction of sp³-hybridized carbons (Fsp3) is 0.316. The molecular weight excluding hydrogens is 324 g/mol. The highest BCUT2D eigenvalue weighted by atomic mass is 35.5. The topological polar surface area (TPSA) is 64.3 Å². The molecule has 0 aliphatic rings. The molecule has 2 atom stereocenters. The van der Waals surface area contributed by atoms with Crippen molar-refractivity contribution in [2.45, 2.75) is 19.9 Å². The van der Waals surface area contributed by atoms with Crippen molar-refractivity contribution in [2.75, 3.05) is 13.7 Å². The van der Waals surface area contributed by atoms with Crippen LogP contribution in [0.25, 0.3) is 11.1 Å². The zero-order valence-electron chi connectivity index (χ0n) is 14.3. The van der Waals surface area contributed by atoms with Crippen LogP contribution in [0.15, 0.2) is 48.5 Å². The first kappa shape index (κ1) is 20.0. The Morgan fingerprint density at radius 3 is 2.33 bits per heavy atom. The third-order valence-corrected chi connectivity index (χ3v) is 3.99. The molecule has 5 heteroatoms. The highest BCUT2D eigenvalue weighted by Gasteiger charge is 2.15. The molecule has 0 fully saturated rings. The van der Waals surface area contributed by atoms with Crippen LogP contribution in [0.3, 0.4) is 0 Å². The summed E-state index contributed by atoms with van der Waals surface area (Å²) >= 11 is 0. The van der Waals surface area contributed by atoms with Gasteiger partial charge in [0.15, 0.2) is 0 Å². The Balaban J connectivity index is 0.00000288. The molecule has 0 bridgehead atoms. The molecule has 0 heterocycles. The number of rotatable bonds is 6. The van der Waals surface area contributed by atoms with E-state index >= 15 is 0 Å². The molecule has 0 aromatic heterocycles. The highest BCUT2D eigenvalue weighted by Crippen LogP contribution is 2.30. The number of hydrogen-bond donors (Lipinski definition) is 2. The van der Waals surface area contributed by atoms with Crippen molar-refractivity contribution in [3.63, 3.8) is 0 Å². The van der Waals surface area contributed by atoms with Gasteiger partial charge in [-0.15, -0.1) is 12.4 Å². The van der Waals surface area contributed by atoms with Crippen LogP contribution in [0.2, 0.25) is 0 Å². The summed E-state index contributed by atoms with van der Waals surface area (Å²) < 4.78 is 5.40. The summed E-state index contributed by atoms with van der Waals surface area (Å²) in [5, 5.41) is 2.99. The summed E-state index contributed by atoms with van der Waals surface area (Å²) in [6.45, 7) is 4.15. The first-order valence-electron chi connectivity index (χ1n) is 7.80. The van der Waals surface area contributed by atoms with E-state index in [1.165, 1.54) is 0 Å². The minimum atomic E-state index is -0.176. The molecular formula is C19H25ClN2O2. The van der Waals surface area contributed by atoms with Crippen molar-refractivity contribution in [3.05, 3.63) is 54.1 Å². The van der Waals surface area contributed by atoms with E-state index < -0.39 is 0 Å². The first-order chi connectivity index (χ1) is 11.1. The summed E-state index contributed by atoms with van der Waals surface area (Å²) in [7, 11) is 1.67. The molecule has 4 nitrogen and oxygen atoms in total. The smallest absolute Gasteiger partial charge is 0.224 e. The van der Waals surface area contributed by atoms with Gasteiger partial charge in [0, 0.05) is 18.0 Å². The van der Waals surface area contributed by atoms with Gasteiger partial charge in [-0.25, -0.2) is 0 Å². The Morgan fingerprint density at radius 2 is 1.75 bits per heavy atom. The minimum Gasteiger partial charge on any atom is -0.496 e. The van der Waals surface area contributed by atoms with E-state index in [0.717, 1.165) is 22.4 Å². The van der Waals surface area contributed by atoms with Gasteiger partial charge in [-0.3, -0.25) is 4.79 Å². The number of nitrogens with one attached hydrogen (secondary N) is 1. The Labute approximate surface area is 149 Å². The number of hydrogen-bond acceptors (Lipinski definition) is 3. The lowest BCUT2D eigenvalue weighted by Crippen LogP contribution is -2.34. The van der Waals surface area contributed by atoms with Crippen LogP contribution in [0.4, 0.5) is 0 Å². The van der Waals surface area contributed by atoms with Crippen LogP contribution in [-0.4, -0.2) is 19.6 Å². The molecule has 2 unspecified atom stereocenters. The van der Waals surface area contributed by atoms with E-state index in [9.17, 15) is 4.79 Å². The molecule has 1 amide bonds. The van der Waals surface area contributed by atoms with Crippen LogP contribution in [0.5, 0.6) is 5.75 Å². The molecule has 2 aromatic rings. The lowest BCUT2D eigenvalue weighted by Gasteiger charge is -2.17. The van der Waals surface area contributed by atoms with Gasteiger partial charge in [-0.1, -0.05) is 49.4 Å². The standard InChI is InChI=1S/C19H24N2O2.ClH/c1-13(12-20)19(22)21-14(2)15-8-10-16(11-9-15)17-6-4-5-7-18(17)23-3;/h4-11,13-14H,12,20H2,1-3H3,(H,21,22);1H. The van der Waals surface area contributed by atoms with Gasteiger partial charge in [0.1, 0.15) is 5.75 Å². The highest BCUT2D eigenvalue weighted by molar-refractivity contribution is 5.85. The Hall–Kier alpha value is -2.04. The number of nitrogens with two attached hydrogens (primary N) is 1. The number of benzene rings is 2. The summed E-state index contributed by atoms with van der Waals surface area (Å²) in [5.74, 6) is 0.650. The van der Waals surface area contributed by atoms with E-state index in [2.05, 4.69) is 5.32 Å². The van der Waals surface area contributed by atoms with E-state index in [0.29, 0.717) is 6.54 Å². The lowest BCUT2D eigenvalue weighted by molar-refractivity contribution is -0.124. The molecule has 3 N–H and O–H groups in total. The molecule has 0 saturated heterocycles. The van der Waals surface area contributed by atoms with Crippen LogP contribution < -0.4 is 15.8 Å². The normalized spacial score (nSPS) is 12.7. The molecule has 0 saturated carbocycles. The fourth-order valence-electron chi connectivity index (χ4n) is 2.38. The van der Waals surface area contributed by atoms with Gasteiger partial charge in [0.2, 0.25) is 5.91 Å². The minimum absolute atomic E-state index is 0. The van der Waals surface area contributed by atoms with Gasteiger partial charge in [0.05, 0.1) is 13.2 Å². The average Bonchev–Trinajstić information content (AvgIpc) is 2.60. The number of methoxy groups -OCH3 is 1. The van der Waals surface area contributed by atoms with Gasteiger partial charge < -0.3 is 15.8 Å². The third-order valence-electron chi connectivity index (χ3n) is 3.99. The molecule has 0 aliphatic carbocycles. The monoisotopic (exact) mass is 348 g/mol. The summed E-state index contributed by atoms with van der Waals surface area (Å²) in [6, 6.07) is 16.0. The molecule has 0 aliphatic heterocycles. The zero-order valence-corrected chi connectivity index (χ0v) is 15.1. The number of halogens is 1. The quantitative estimate of drug-likeness (QED) is 0.839. The fourth-order valence-corrected chi connectivity index (χ4v) is 2.38. The van der Waals surface area contributed by atoms with Gasteiger partial charge in [-0.2, -0.15) is 0 Å². The van der Waals surface area contributed by atoms with Crippen molar-refractivity contribution < 1.29 is 9.53 Å². The van der Waals surface area contributed by atoms with E-state index in [1.54, 1.807) is 7.11 Å².